The van der Waals surface area contributed by atoms with Crippen molar-refractivity contribution in [1.82, 2.24) is 10.2 Å². The Hall–Kier alpha value is -3.85. The summed E-state index contributed by atoms with van der Waals surface area (Å²) in [5.74, 6) is -0.156. The lowest BCUT2D eigenvalue weighted by atomic mass is 10.1. The Morgan fingerprint density at radius 1 is 0.850 bits per heavy atom. The van der Waals surface area contributed by atoms with E-state index in [1.54, 1.807) is 42.5 Å². The number of carbonyl (C=O) groups is 2. The van der Waals surface area contributed by atoms with E-state index in [1.807, 2.05) is 58.0 Å². The lowest BCUT2D eigenvalue weighted by molar-refractivity contribution is -0.140. The summed E-state index contributed by atoms with van der Waals surface area (Å²) in [6, 6.07) is 23.1. The fourth-order valence-corrected chi connectivity index (χ4v) is 5.70. The maximum absolute atomic E-state index is 14.1. The van der Waals surface area contributed by atoms with Gasteiger partial charge in [0, 0.05) is 12.6 Å². The molecule has 0 radical (unpaired) electrons. The lowest BCUT2D eigenvalue weighted by Gasteiger charge is -2.33. The van der Waals surface area contributed by atoms with E-state index in [4.69, 9.17) is 4.74 Å². The van der Waals surface area contributed by atoms with E-state index in [1.165, 1.54) is 17.0 Å². The number of anilines is 1. The molecule has 0 saturated carbocycles. The molecular weight excluding hydrogens is 526 g/mol. The average Bonchev–Trinajstić information content (AvgIpc) is 2.97. The van der Waals surface area contributed by atoms with Gasteiger partial charge in [0.2, 0.25) is 11.8 Å². The van der Waals surface area contributed by atoms with Crippen LogP contribution in [0.1, 0.15) is 46.1 Å². The van der Waals surface area contributed by atoms with Gasteiger partial charge in [-0.2, -0.15) is 0 Å². The molecule has 0 aliphatic carbocycles. The number of rotatable bonds is 14. The van der Waals surface area contributed by atoms with E-state index in [0.717, 1.165) is 16.3 Å². The minimum absolute atomic E-state index is 0.0611. The highest BCUT2D eigenvalue weighted by Gasteiger charge is 2.33. The van der Waals surface area contributed by atoms with Gasteiger partial charge in [0.25, 0.3) is 10.0 Å². The predicted octanol–water partition coefficient (Wildman–Crippen LogP) is 5.00. The Morgan fingerprint density at radius 3 is 2.00 bits per heavy atom. The van der Waals surface area contributed by atoms with Crippen LogP contribution < -0.4 is 14.4 Å². The van der Waals surface area contributed by atoms with Crippen LogP contribution in [0.15, 0.2) is 89.8 Å². The van der Waals surface area contributed by atoms with Crippen molar-refractivity contribution in [2.45, 2.75) is 64.1 Å². The first-order valence-corrected chi connectivity index (χ1v) is 15.1. The third kappa shape index (κ3) is 7.85. The van der Waals surface area contributed by atoms with Crippen LogP contribution >= 0.6 is 0 Å². The topological polar surface area (TPSA) is 96.0 Å². The van der Waals surface area contributed by atoms with Gasteiger partial charge in [-0.1, -0.05) is 62.4 Å². The van der Waals surface area contributed by atoms with Gasteiger partial charge < -0.3 is 15.0 Å². The largest absolute Gasteiger partial charge is 0.494 e. The molecular formula is C31H39N3O5S. The van der Waals surface area contributed by atoms with Gasteiger partial charge in [0.15, 0.2) is 0 Å². The monoisotopic (exact) mass is 565 g/mol. The molecule has 8 nitrogen and oxygen atoms in total. The summed E-state index contributed by atoms with van der Waals surface area (Å²) in [6.07, 6.45) is 1.12. The molecule has 9 heteroatoms. The Bertz CT molecular complexity index is 1330. The first kappa shape index (κ1) is 30.7. The molecule has 3 aromatic rings. The second-order valence-electron chi connectivity index (χ2n) is 9.50. The van der Waals surface area contributed by atoms with Gasteiger partial charge in [0.05, 0.1) is 17.2 Å². The minimum Gasteiger partial charge on any atom is -0.494 e. The second-order valence-corrected chi connectivity index (χ2v) is 11.4. The smallest absolute Gasteiger partial charge is 0.264 e. The maximum Gasteiger partial charge on any atom is 0.264 e. The summed E-state index contributed by atoms with van der Waals surface area (Å²) in [6.45, 7) is 7.74. The molecule has 2 unspecified atom stereocenters. The second kappa shape index (κ2) is 14.5. The summed E-state index contributed by atoms with van der Waals surface area (Å²) < 4.78 is 34.3. The zero-order valence-corrected chi connectivity index (χ0v) is 24.4. The van der Waals surface area contributed by atoms with Crippen molar-refractivity contribution in [3.63, 3.8) is 0 Å². The molecule has 0 aliphatic heterocycles. The van der Waals surface area contributed by atoms with Crippen LogP contribution in [0.2, 0.25) is 0 Å². The van der Waals surface area contributed by atoms with Crippen LogP contribution in [-0.4, -0.2) is 50.4 Å². The van der Waals surface area contributed by atoms with E-state index < -0.39 is 28.5 Å². The van der Waals surface area contributed by atoms with Crippen molar-refractivity contribution >= 4 is 27.5 Å². The molecule has 3 aromatic carbocycles. The molecule has 0 bridgehead atoms. The highest BCUT2D eigenvalue weighted by Crippen LogP contribution is 2.27. The summed E-state index contributed by atoms with van der Waals surface area (Å²) >= 11 is 0. The third-order valence-electron chi connectivity index (χ3n) is 6.63. The third-order valence-corrected chi connectivity index (χ3v) is 8.42. The summed E-state index contributed by atoms with van der Waals surface area (Å²) in [4.78, 5) is 28.9. The Balaban J connectivity index is 2.03. The van der Waals surface area contributed by atoms with E-state index in [2.05, 4.69) is 5.32 Å². The number of hydrogen-bond acceptors (Lipinski definition) is 5. The molecule has 0 spiro atoms. The zero-order chi connectivity index (χ0) is 29.1. The summed E-state index contributed by atoms with van der Waals surface area (Å²) in [5.41, 5.74) is 1.15. The Kier molecular flexibility index (Phi) is 11.1. The van der Waals surface area contributed by atoms with Gasteiger partial charge in [-0.05, 0) is 68.7 Å². The highest BCUT2D eigenvalue weighted by atomic mass is 32.2. The van der Waals surface area contributed by atoms with Crippen molar-refractivity contribution in [3.05, 3.63) is 90.5 Å². The van der Waals surface area contributed by atoms with Gasteiger partial charge in [-0.3, -0.25) is 13.9 Å². The van der Waals surface area contributed by atoms with Gasteiger partial charge in [-0.25, -0.2) is 8.42 Å². The molecule has 3 rings (SSSR count). The van der Waals surface area contributed by atoms with E-state index in [0.29, 0.717) is 24.5 Å². The number of carbonyl (C=O) groups excluding carboxylic acids is 2. The number of hydrogen-bond donors (Lipinski definition) is 1. The number of ether oxygens (including phenoxy) is 1. The van der Waals surface area contributed by atoms with Crippen molar-refractivity contribution in [2.24, 2.45) is 0 Å². The number of amides is 2. The zero-order valence-electron chi connectivity index (χ0n) is 23.6. The minimum atomic E-state index is -4.11. The van der Waals surface area contributed by atoms with Crippen molar-refractivity contribution in [2.75, 3.05) is 17.5 Å². The van der Waals surface area contributed by atoms with Gasteiger partial charge in [0.1, 0.15) is 18.3 Å². The molecule has 0 fully saturated rings. The van der Waals surface area contributed by atoms with Crippen LogP contribution in [0.4, 0.5) is 5.69 Å². The van der Waals surface area contributed by atoms with E-state index in [-0.39, 0.29) is 23.4 Å². The first-order chi connectivity index (χ1) is 19.2. The maximum atomic E-state index is 14.1. The standard InChI is InChI=1S/C31H39N3O5S/c1-5-24(4)32-31(36)29(6-2)33(22-25-14-10-8-11-15-25)30(35)23-34(26-18-20-27(21-19-26)39-7-3)40(37,38)28-16-12-9-13-17-28/h8-21,24,29H,5-7,22-23H2,1-4H3,(H,32,36). The van der Waals surface area contributed by atoms with Crippen molar-refractivity contribution < 1.29 is 22.7 Å². The quantitative estimate of drug-likeness (QED) is 0.297. The molecule has 0 aromatic heterocycles. The van der Waals surface area contributed by atoms with E-state index >= 15 is 0 Å². The Morgan fingerprint density at radius 2 is 1.45 bits per heavy atom. The molecule has 214 valence electrons. The Labute approximate surface area is 238 Å². The molecule has 2 amide bonds. The van der Waals surface area contributed by atoms with Crippen LogP contribution in [0.5, 0.6) is 5.75 Å². The highest BCUT2D eigenvalue weighted by molar-refractivity contribution is 7.92. The van der Waals surface area contributed by atoms with Crippen LogP contribution in [0, 0.1) is 0 Å². The van der Waals surface area contributed by atoms with Crippen LogP contribution in [0.3, 0.4) is 0 Å². The summed E-state index contributed by atoms with van der Waals surface area (Å²) in [7, 11) is -4.11. The molecule has 0 aliphatic rings. The number of benzene rings is 3. The SMILES string of the molecule is CCOc1ccc(N(CC(=O)N(Cc2ccccc2)C(CC)C(=O)NC(C)CC)S(=O)(=O)c2ccccc2)cc1. The number of nitrogens with one attached hydrogen (secondary N) is 1. The molecule has 1 N–H and O–H groups in total. The molecule has 40 heavy (non-hydrogen) atoms. The number of nitrogens with zero attached hydrogens (tertiary/aromatic N) is 2. The molecule has 0 saturated heterocycles. The van der Waals surface area contributed by atoms with Crippen LogP contribution in [-0.2, 0) is 26.2 Å². The average molecular weight is 566 g/mol. The van der Waals surface area contributed by atoms with E-state index in [9.17, 15) is 18.0 Å². The fourth-order valence-electron chi connectivity index (χ4n) is 4.26. The normalized spacial score (nSPS) is 12.7. The van der Waals surface area contributed by atoms with Gasteiger partial charge >= 0.3 is 0 Å². The summed E-state index contributed by atoms with van der Waals surface area (Å²) in [5, 5.41) is 2.98. The van der Waals surface area contributed by atoms with Crippen molar-refractivity contribution in [1.29, 1.82) is 0 Å². The fraction of sp³-hybridized carbons (Fsp3) is 0.355. The van der Waals surface area contributed by atoms with Crippen LogP contribution in [0.25, 0.3) is 0 Å². The predicted molar refractivity (Wildman–Crippen MR) is 158 cm³/mol. The lowest BCUT2D eigenvalue weighted by Crippen LogP contribution is -2.53. The molecule has 0 heterocycles. The number of sulfonamides is 1. The van der Waals surface area contributed by atoms with Crippen molar-refractivity contribution in [3.8, 4) is 5.75 Å². The molecule has 2 atom stereocenters. The first-order valence-electron chi connectivity index (χ1n) is 13.7. The van der Waals surface area contributed by atoms with Gasteiger partial charge in [-0.15, -0.1) is 0 Å².